The third-order valence-corrected chi connectivity index (χ3v) is 0.420. The molecule has 0 N–H and O–H groups in total. The summed E-state index contributed by atoms with van der Waals surface area (Å²) in [5.74, 6) is 0. The molecule has 0 saturated carbocycles. The van der Waals surface area contributed by atoms with Gasteiger partial charge in [0.05, 0.1) is 0 Å². The van der Waals surface area contributed by atoms with Gasteiger partial charge in [-0.1, -0.05) is 0 Å². The molecule has 3 nitrogen and oxygen atoms in total. The van der Waals surface area contributed by atoms with E-state index < -0.39 is 18.3 Å². The SMILES string of the molecule is [O-][Cl+2]([O-])OB(F)F. The molecular weight excluding hydrogens is 132 g/mol. The maximum absolute atomic E-state index is 10.7. The van der Waals surface area contributed by atoms with Crippen LogP contribution in [0.3, 0.4) is 0 Å². The van der Waals surface area contributed by atoms with Crippen LogP contribution in [0.4, 0.5) is 8.63 Å². The van der Waals surface area contributed by atoms with Crippen molar-refractivity contribution in [2.75, 3.05) is 0 Å². The Hall–Kier alpha value is 0.0949. The van der Waals surface area contributed by atoms with E-state index in [1.807, 2.05) is 0 Å². The topological polar surface area (TPSA) is 55.3 Å². The van der Waals surface area contributed by atoms with E-state index in [4.69, 9.17) is 9.32 Å². The average molecular weight is 132 g/mol. The van der Waals surface area contributed by atoms with Gasteiger partial charge in [-0.25, -0.2) is 0 Å². The van der Waals surface area contributed by atoms with E-state index in [1.165, 1.54) is 0 Å². The summed E-state index contributed by atoms with van der Waals surface area (Å²) >= 11 is 0. The van der Waals surface area contributed by atoms with Crippen LogP contribution in [0.5, 0.6) is 0 Å². The van der Waals surface area contributed by atoms with Crippen molar-refractivity contribution in [3.63, 3.8) is 0 Å². The lowest BCUT2D eigenvalue weighted by Crippen LogP contribution is -2.36. The van der Waals surface area contributed by atoms with Gasteiger partial charge in [0.2, 0.25) is 0 Å². The Balaban J connectivity index is 2.95. The van der Waals surface area contributed by atoms with Crippen molar-refractivity contribution in [1.82, 2.24) is 0 Å². The molecule has 0 aromatic carbocycles. The average Bonchev–Trinajstić information content (AvgIpc) is 1.27. The van der Waals surface area contributed by atoms with Gasteiger partial charge in [-0.2, -0.15) is 0 Å². The highest BCUT2D eigenvalue weighted by Crippen LogP contribution is 1.88. The molecule has 7 heteroatoms. The van der Waals surface area contributed by atoms with Crippen molar-refractivity contribution in [2.24, 2.45) is 0 Å². The van der Waals surface area contributed by atoms with E-state index in [0.717, 1.165) is 0 Å². The predicted molar refractivity (Wildman–Crippen MR) is 9.05 cm³/mol. The lowest BCUT2D eigenvalue weighted by Gasteiger charge is -1.86. The minimum Gasteiger partial charge on any atom is -0.322 e. The van der Waals surface area contributed by atoms with Gasteiger partial charge >= 0.3 is 7.47 Å². The Morgan fingerprint density at radius 2 is 1.86 bits per heavy atom. The zero-order valence-corrected chi connectivity index (χ0v) is 3.69. The van der Waals surface area contributed by atoms with Crippen LogP contribution < -0.4 is 9.32 Å². The third kappa shape index (κ3) is 6.09. The van der Waals surface area contributed by atoms with Gasteiger partial charge in [-0.15, -0.1) is 0 Å². The van der Waals surface area contributed by atoms with Crippen LogP contribution in [0.25, 0.3) is 0 Å². The van der Waals surface area contributed by atoms with E-state index in [0.29, 0.717) is 0 Å². The van der Waals surface area contributed by atoms with Gasteiger partial charge in [0.15, 0.2) is 0 Å². The fourth-order valence-electron chi connectivity index (χ4n) is 0.0550. The first-order valence-electron chi connectivity index (χ1n) is 1.14. The van der Waals surface area contributed by atoms with E-state index >= 15 is 0 Å². The molecule has 0 unspecified atom stereocenters. The molecule has 0 fully saturated rings. The standard InChI is InChI=1S/BClF2O3/c3-1(4)7-2(5)6. The number of rotatable bonds is 2. The normalized spacial score (nSPS) is 9.86. The summed E-state index contributed by atoms with van der Waals surface area (Å²) in [6.07, 6.45) is 0. The Morgan fingerprint density at radius 1 is 1.43 bits per heavy atom. The highest BCUT2D eigenvalue weighted by Gasteiger charge is 2.30. The number of halogens is 3. The van der Waals surface area contributed by atoms with Crippen LogP contribution >= 0.6 is 0 Å². The first kappa shape index (κ1) is 7.09. The van der Waals surface area contributed by atoms with Crippen LogP contribution in [0.1, 0.15) is 0 Å². The van der Waals surface area contributed by atoms with Gasteiger partial charge < -0.3 is 9.32 Å². The Morgan fingerprint density at radius 3 is 1.86 bits per heavy atom. The molecule has 0 rings (SSSR count). The van der Waals surface area contributed by atoms with E-state index in [1.54, 1.807) is 0 Å². The van der Waals surface area contributed by atoms with Crippen molar-refractivity contribution >= 4 is 7.47 Å². The molecule has 0 amide bonds. The summed E-state index contributed by atoms with van der Waals surface area (Å²) in [6.45, 7) is 0. The Labute approximate surface area is 41.5 Å². The third-order valence-electron chi connectivity index (χ3n) is 0.140. The first-order chi connectivity index (χ1) is 3.13. The summed E-state index contributed by atoms with van der Waals surface area (Å²) in [6, 6.07) is 0. The molecule has 0 spiro atoms. The van der Waals surface area contributed by atoms with Crippen molar-refractivity contribution in [1.29, 1.82) is 0 Å². The van der Waals surface area contributed by atoms with Gasteiger partial charge in [0.1, 0.15) is 0 Å². The largest absolute Gasteiger partial charge is 0.844 e. The maximum Gasteiger partial charge on any atom is 0.844 e. The summed E-state index contributed by atoms with van der Waals surface area (Å²) in [7, 11) is -6.06. The van der Waals surface area contributed by atoms with Gasteiger partial charge in [-0.05, 0) is 0 Å². The summed E-state index contributed by atoms with van der Waals surface area (Å²) in [4.78, 5) is 0. The molecule has 0 atom stereocenters. The van der Waals surface area contributed by atoms with E-state index in [9.17, 15) is 8.63 Å². The summed E-state index contributed by atoms with van der Waals surface area (Å²) in [5, 5.41) is 0. The smallest absolute Gasteiger partial charge is 0.322 e. The predicted octanol–water partition coefficient (Wildman–Crippen LogP) is -1.99. The molecular formula is BClF2O3. The molecule has 0 saturated heterocycles. The van der Waals surface area contributed by atoms with Crippen LogP contribution in [0.2, 0.25) is 0 Å². The van der Waals surface area contributed by atoms with E-state index in [-0.39, 0.29) is 0 Å². The van der Waals surface area contributed by atoms with Crippen LogP contribution in [0.15, 0.2) is 0 Å². The summed E-state index contributed by atoms with van der Waals surface area (Å²) in [5.41, 5.74) is 0. The molecule has 0 aliphatic carbocycles. The highest BCUT2D eigenvalue weighted by atomic mass is 35.6. The molecule has 0 aromatic rings. The van der Waals surface area contributed by atoms with Crippen molar-refractivity contribution in [3.8, 4) is 0 Å². The van der Waals surface area contributed by atoms with Gasteiger partial charge in [0.25, 0.3) is 10.8 Å². The summed E-state index contributed by atoms with van der Waals surface area (Å²) < 4.78 is 42.3. The van der Waals surface area contributed by atoms with Gasteiger partial charge in [0, 0.05) is 4.21 Å². The fourth-order valence-corrected chi connectivity index (χ4v) is 0.165. The van der Waals surface area contributed by atoms with Crippen molar-refractivity contribution in [2.45, 2.75) is 0 Å². The highest BCUT2D eigenvalue weighted by molar-refractivity contribution is 6.33. The fraction of sp³-hybridized carbons (Fsp3) is 0. The maximum atomic E-state index is 10.7. The molecule has 42 valence electrons. The second-order valence-corrected chi connectivity index (χ2v) is 1.09. The zero-order valence-electron chi connectivity index (χ0n) is 2.94. The van der Waals surface area contributed by atoms with Crippen LogP contribution in [-0.4, -0.2) is 7.47 Å². The minimum absolute atomic E-state index is 2.80. The minimum atomic E-state index is -3.25. The van der Waals surface area contributed by atoms with Crippen molar-refractivity contribution in [3.05, 3.63) is 0 Å². The molecule has 0 aromatic heterocycles. The number of hydrogen-bond acceptors (Lipinski definition) is 3. The van der Waals surface area contributed by atoms with Crippen molar-refractivity contribution < 1.29 is 32.9 Å². The molecule has 0 aliphatic rings. The van der Waals surface area contributed by atoms with Crippen LogP contribution in [0, 0.1) is 10.8 Å². The monoisotopic (exact) mass is 132 g/mol. The lowest BCUT2D eigenvalue weighted by molar-refractivity contribution is -1.62. The quantitative estimate of drug-likeness (QED) is 0.409. The van der Waals surface area contributed by atoms with Crippen LogP contribution in [-0.2, 0) is 4.21 Å². The second kappa shape index (κ2) is 3.14. The molecule has 0 aliphatic heterocycles. The lowest BCUT2D eigenvalue weighted by atomic mass is 10.4. The molecule has 0 bridgehead atoms. The van der Waals surface area contributed by atoms with Gasteiger partial charge in [-0.3, -0.25) is 8.63 Å². The number of hydrogen-bond donors (Lipinski definition) is 0. The Bertz CT molecular complexity index is 42.2. The molecule has 0 radical (unpaired) electrons. The zero-order chi connectivity index (χ0) is 5.86. The molecule has 7 heavy (non-hydrogen) atoms. The first-order valence-corrected chi connectivity index (χ1v) is 2.06. The molecule has 0 heterocycles. The Kier molecular flexibility index (Phi) is 3.19. The van der Waals surface area contributed by atoms with E-state index in [2.05, 4.69) is 4.21 Å². The second-order valence-electron chi connectivity index (χ2n) is 0.539.